The Balaban J connectivity index is 1.58. The van der Waals surface area contributed by atoms with Crippen molar-refractivity contribution in [2.45, 2.75) is 83.3 Å². The van der Waals surface area contributed by atoms with E-state index in [-0.39, 0.29) is 5.54 Å². The van der Waals surface area contributed by atoms with Gasteiger partial charge in [0.15, 0.2) is 0 Å². The third-order valence-electron chi connectivity index (χ3n) is 5.44. The lowest BCUT2D eigenvalue weighted by Gasteiger charge is -2.28. The maximum absolute atomic E-state index is 12.6. The first-order valence-corrected chi connectivity index (χ1v) is 8.69. The third kappa shape index (κ3) is 2.88. The van der Waals surface area contributed by atoms with Gasteiger partial charge in [-0.3, -0.25) is 10.1 Å². The Morgan fingerprint density at radius 2 is 1.95 bits per heavy atom. The molecule has 1 amide bonds. The van der Waals surface area contributed by atoms with Gasteiger partial charge in [0.1, 0.15) is 0 Å². The number of rotatable bonds is 5. The molecule has 1 spiro atoms. The number of carbonyl (C=O) groups excluding carboxylic acids is 1. The van der Waals surface area contributed by atoms with Crippen molar-refractivity contribution in [2.24, 2.45) is 11.8 Å². The molecule has 0 aromatic carbocycles. The molecular weight excluding hydrogens is 248 g/mol. The number of nitrogens with zero attached hydrogens (tertiary/aromatic N) is 1. The molecular formula is C17H30N2O. The molecule has 2 aliphatic carbocycles. The summed E-state index contributed by atoms with van der Waals surface area (Å²) in [4.78, 5) is 14.8. The summed E-state index contributed by atoms with van der Waals surface area (Å²) >= 11 is 0. The van der Waals surface area contributed by atoms with Crippen LogP contribution in [0.3, 0.4) is 0 Å². The smallest absolute Gasteiger partial charge is 0.244 e. The van der Waals surface area contributed by atoms with Crippen molar-refractivity contribution in [2.75, 3.05) is 6.54 Å². The van der Waals surface area contributed by atoms with Crippen molar-refractivity contribution in [1.29, 1.82) is 0 Å². The highest BCUT2D eigenvalue weighted by molar-refractivity contribution is 5.91. The Bertz CT molecular complexity index is 356. The quantitative estimate of drug-likeness (QED) is 0.837. The second-order valence-corrected chi connectivity index (χ2v) is 7.66. The molecule has 0 radical (unpaired) electrons. The molecule has 3 aliphatic rings. The van der Waals surface area contributed by atoms with Crippen LogP contribution in [0.5, 0.6) is 0 Å². The van der Waals surface area contributed by atoms with Crippen LogP contribution in [0.2, 0.25) is 0 Å². The van der Waals surface area contributed by atoms with Crippen molar-refractivity contribution >= 4 is 5.91 Å². The SMILES string of the molecule is CC(C)CC1NC2(CC2)C(=O)N1CCC1CCCCC1. The van der Waals surface area contributed by atoms with E-state index >= 15 is 0 Å². The van der Waals surface area contributed by atoms with Gasteiger partial charge >= 0.3 is 0 Å². The largest absolute Gasteiger partial charge is 0.326 e. The van der Waals surface area contributed by atoms with Gasteiger partial charge in [0, 0.05) is 6.54 Å². The second-order valence-electron chi connectivity index (χ2n) is 7.66. The van der Waals surface area contributed by atoms with Crippen LogP contribution in [0.1, 0.15) is 71.6 Å². The fraction of sp³-hybridized carbons (Fsp3) is 0.941. The minimum absolute atomic E-state index is 0.133. The summed E-state index contributed by atoms with van der Waals surface area (Å²) in [6.07, 6.45) is 11.7. The molecule has 0 aromatic heterocycles. The van der Waals surface area contributed by atoms with Crippen LogP contribution in [0.15, 0.2) is 0 Å². The molecule has 1 atom stereocenters. The predicted molar refractivity (Wildman–Crippen MR) is 81.2 cm³/mol. The van der Waals surface area contributed by atoms with Gasteiger partial charge < -0.3 is 4.90 Å². The van der Waals surface area contributed by atoms with E-state index in [0.717, 1.165) is 31.7 Å². The minimum Gasteiger partial charge on any atom is -0.326 e. The maximum Gasteiger partial charge on any atom is 0.244 e. The molecule has 3 rings (SSSR count). The molecule has 1 aliphatic heterocycles. The maximum atomic E-state index is 12.6. The molecule has 2 saturated carbocycles. The van der Waals surface area contributed by atoms with Gasteiger partial charge in [-0.2, -0.15) is 0 Å². The molecule has 1 N–H and O–H groups in total. The van der Waals surface area contributed by atoms with Crippen molar-refractivity contribution in [3.8, 4) is 0 Å². The number of amides is 1. The predicted octanol–water partition coefficient (Wildman–Crippen LogP) is 3.29. The molecule has 0 aromatic rings. The van der Waals surface area contributed by atoms with Gasteiger partial charge in [0.25, 0.3) is 0 Å². The fourth-order valence-corrected chi connectivity index (χ4v) is 4.05. The molecule has 3 fully saturated rings. The monoisotopic (exact) mass is 278 g/mol. The Morgan fingerprint density at radius 1 is 1.25 bits per heavy atom. The van der Waals surface area contributed by atoms with Gasteiger partial charge in [-0.1, -0.05) is 46.0 Å². The van der Waals surface area contributed by atoms with Crippen molar-refractivity contribution < 1.29 is 4.79 Å². The van der Waals surface area contributed by atoms with Crippen LogP contribution in [-0.4, -0.2) is 29.1 Å². The van der Waals surface area contributed by atoms with Gasteiger partial charge in [-0.05, 0) is 37.5 Å². The molecule has 3 nitrogen and oxygen atoms in total. The van der Waals surface area contributed by atoms with E-state index in [2.05, 4.69) is 24.1 Å². The summed E-state index contributed by atoms with van der Waals surface area (Å²) < 4.78 is 0. The second kappa shape index (κ2) is 5.67. The van der Waals surface area contributed by atoms with E-state index < -0.39 is 0 Å². The average Bonchev–Trinajstić information content (AvgIpc) is 3.15. The number of hydrogen-bond donors (Lipinski definition) is 1. The van der Waals surface area contributed by atoms with Crippen LogP contribution >= 0.6 is 0 Å². The van der Waals surface area contributed by atoms with Crippen molar-refractivity contribution in [3.63, 3.8) is 0 Å². The summed E-state index contributed by atoms with van der Waals surface area (Å²) in [6.45, 7) is 5.49. The summed E-state index contributed by atoms with van der Waals surface area (Å²) in [5.41, 5.74) is -0.133. The van der Waals surface area contributed by atoms with E-state index in [1.807, 2.05) is 0 Å². The first-order chi connectivity index (χ1) is 9.61. The highest BCUT2D eigenvalue weighted by atomic mass is 16.2. The molecule has 3 heteroatoms. The fourth-order valence-electron chi connectivity index (χ4n) is 4.05. The van der Waals surface area contributed by atoms with Gasteiger partial charge in [-0.15, -0.1) is 0 Å². The lowest BCUT2D eigenvalue weighted by atomic mass is 9.87. The lowest BCUT2D eigenvalue weighted by Crippen LogP contribution is -2.39. The summed E-state index contributed by atoms with van der Waals surface area (Å²) in [6, 6.07) is 0. The topological polar surface area (TPSA) is 32.3 Å². The van der Waals surface area contributed by atoms with Crippen LogP contribution in [0, 0.1) is 11.8 Å². The van der Waals surface area contributed by atoms with E-state index in [1.165, 1.54) is 38.5 Å². The average molecular weight is 278 g/mol. The first kappa shape index (κ1) is 14.4. The Morgan fingerprint density at radius 3 is 2.55 bits per heavy atom. The zero-order valence-corrected chi connectivity index (χ0v) is 13.2. The Hall–Kier alpha value is -0.570. The standard InChI is InChI=1S/C17H30N2O/c1-13(2)12-15-18-17(9-10-17)16(20)19(15)11-8-14-6-4-3-5-7-14/h13-15,18H,3-12H2,1-2H3. The molecule has 1 unspecified atom stereocenters. The Labute approximate surface area is 123 Å². The minimum atomic E-state index is -0.133. The number of carbonyl (C=O) groups is 1. The number of hydrogen-bond acceptors (Lipinski definition) is 2. The highest BCUT2D eigenvalue weighted by Crippen LogP contribution is 2.43. The third-order valence-corrected chi connectivity index (χ3v) is 5.44. The first-order valence-electron chi connectivity index (χ1n) is 8.69. The van der Waals surface area contributed by atoms with Crippen molar-refractivity contribution in [1.82, 2.24) is 10.2 Å². The van der Waals surface area contributed by atoms with Crippen LogP contribution in [-0.2, 0) is 4.79 Å². The van der Waals surface area contributed by atoms with Crippen LogP contribution in [0.4, 0.5) is 0 Å². The van der Waals surface area contributed by atoms with E-state index in [9.17, 15) is 4.79 Å². The lowest BCUT2D eigenvalue weighted by molar-refractivity contribution is -0.131. The van der Waals surface area contributed by atoms with E-state index in [0.29, 0.717) is 18.0 Å². The van der Waals surface area contributed by atoms with Crippen molar-refractivity contribution in [3.05, 3.63) is 0 Å². The molecule has 1 saturated heterocycles. The van der Waals surface area contributed by atoms with Crippen LogP contribution in [0.25, 0.3) is 0 Å². The summed E-state index contributed by atoms with van der Waals surface area (Å²) in [5.74, 6) is 1.91. The summed E-state index contributed by atoms with van der Waals surface area (Å²) in [7, 11) is 0. The van der Waals surface area contributed by atoms with Crippen LogP contribution < -0.4 is 5.32 Å². The van der Waals surface area contributed by atoms with E-state index in [4.69, 9.17) is 0 Å². The Kier molecular flexibility index (Phi) is 4.07. The molecule has 0 bridgehead atoms. The number of nitrogens with one attached hydrogen (secondary N) is 1. The van der Waals surface area contributed by atoms with Gasteiger partial charge in [0.05, 0.1) is 11.7 Å². The normalized spacial score (nSPS) is 29.6. The van der Waals surface area contributed by atoms with Gasteiger partial charge in [0.2, 0.25) is 5.91 Å². The zero-order valence-electron chi connectivity index (χ0n) is 13.2. The highest BCUT2D eigenvalue weighted by Gasteiger charge is 2.58. The van der Waals surface area contributed by atoms with E-state index in [1.54, 1.807) is 0 Å². The molecule has 1 heterocycles. The molecule has 20 heavy (non-hydrogen) atoms. The molecule has 114 valence electrons. The zero-order chi connectivity index (χ0) is 14.2. The van der Waals surface area contributed by atoms with Gasteiger partial charge in [-0.25, -0.2) is 0 Å². The summed E-state index contributed by atoms with van der Waals surface area (Å²) in [5, 5.41) is 3.64.